The van der Waals surface area contributed by atoms with Crippen LogP contribution in [0.3, 0.4) is 0 Å². The quantitative estimate of drug-likeness (QED) is 0.237. The SMILES string of the molecule is CCNC(=O)Nc1cc(-c2nc(C(F)(F)F)cs2)c(-c2ccc3c(c2)c(=O)c(C(=O)N(C)C)cn3C[C@H]2CCCN(C(=O)O)C2)cn1. The number of pyridine rings is 2. The highest BCUT2D eigenvalue weighted by molar-refractivity contribution is 7.13. The van der Waals surface area contributed by atoms with Gasteiger partial charge >= 0.3 is 18.3 Å². The molecule has 4 amide bonds. The van der Waals surface area contributed by atoms with E-state index in [1.165, 1.54) is 42.4 Å². The zero-order valence-corrected chi connectivity index (χ0v) is 26.5. The molecule has 1 aliphatic heterocycles. The summed E-state index contributed by atoms with van der Waals surface area (Å²) in [5, 5.41) is 15.7. The molecule has 3 aromatic heterocycles. The van der Waals surface area contributed by atoms with Crippen molar-refractivity contribution in [1.82, 2.24) is 29.7 Å². The molecule has 1 aromatic carbocycles. The highest BCUT2D eigenvalue weighted by Crippen LogP contribution is 2.39. The van der Waals surface area contributed by atoms with Gasteiger partial charge in [-0.1, -0.05) is 6.07 Å². The molecule has 0 saturated carbocycles. The zero-order chi connectivity index (χ0) is 34.0. The number of carboxylic acid groups (broad SMARTS) is 1. The predicted molar refractivity (Wildman–Crippen MR) is 171 cm³/mol. The lowest BCUT2D eigenvalue weighted by Crippen LogP contribution is -2.40. The van der Waals surface area contributed by atoms with E-state index in [0.717, 1.165) is 23.1 Å². The van der Waals surface area contributed by atoms with Crippen LogP contribution in [-0.2, 0) is 12.7 Å². The van der Waals surface area contributed by atoms with Crippen LogP contribution < -0.4 is 16.1 Å². The standard InChI is InChI=1S/C31H32F3N7O5S/c1-4-35-29(44)38-25-11-19(27-37-24(16-47-27)31(32,33)34)21(12-36-25)18-7-8-23-20(10-18)26(42)22(28(43)39(2)3)15-41(23)14-17-6-5-9-40(13-17)30(45)46/h7-8,10-12,15-17H,4-6,9,13-14H2,1-3H3,(H,45,46)(H2,35,36,38,44)/t17-/m0/s1. The number of carbonyl (C=O) groups excluding carboxylic acids is 2. The minimum absolute atomic E-state index is 0.0167. The first-order valence-corrected chi connectivity index (χ1v) is 15.6. The summed E-state index contributed by atoms with van der Waals surface area (Å²) in [6.45, 7) is 3.14. The van der Waals surface area contributed by atoms with Crippen molar-refractivity contribution in [1.29, 1.82) is 0 Å². The van der Waals surface area contributed by atoms with Crippen LogP contribution in [0.5, 0.6) is 0 Å². The number of alkyl halides is 3. The molecule has 248 valence electrons. The van der Waals surface area contributed by atoms with Crippen molar-refractivity contribution in [2.45, 2.75) is 32.5 Å². The fourth-order valence-corrected chi connectivity index (χ4v) is 6.41. The molecule has 0 bridgehead atoms. The Hall–Kier alpha value is -4.99. The molecule has 0 unspecified atom stereocenters. The van der Waals surface area contributed by atoms with Crippen LogP contribution in [0.4, 0.5) is 28.6 Å². The summed E-state index contributed by atoms with van der Waals surface area (Å²) < 4.78 is 42.2. The van der Waals surface area contributed by atoms with Crippen molar-refractivity contribution in [3.8, 4) is 21.7 Å². The van der Waals surface area contributed by atoms with Gasteiger partial charge in [0, 0.05) is 74.6 Å². The van der Waals surface area contributed by atoms with E-state index in [1.54, 1.807) is 29.7 Å². The average molecular weight is 672 g/mol. The van der Waals surface area contributed by atoms with E-state index in [2.05, 4.69) is 20.6 Å². The highest BCUT2D eigenvalue weighted by Gasteiger charge is 2.34. The number of hydrogen-bond acceptors (Lipinski definition) is 7. The predicted octanol–water partition coefficient (Wildman–Crippen LogP) is 5.44. The monoisotopic (exact) mass is 671 g/mol. The van der Waals surface area contributed by atoms with Crippen LogP contribution in [0.1, 0.15) is 35.8 Å². The average Bonchev–Trinajstić information content (AvgIpc) is 3.53. The number of likely N-dealkylation sites (tertiary alicyclic amines) is 1. The number of benzene rings is 1. The number of fused-ring (bicyclic) bond motifs is 1. The van der Waals surface area contributed by atoms with Gasteiger partial charge < -0.3 is 24.8 Å². The molecular weight excluding hydrogens is 639 g/mol. The first-order valence-electron chi connectivity index (χ1n) is 14.7. The number of hydrogen-bond donors (Lipinski definition) is 3. The van der Waals surface area contributed by atoms with Gasteiger partial charge in [0.2, 0.25) is 5.43 Å². The highest BCUT2D eigenvalue weighted by atomic mass is 32.1. The summed E-state index contributed by atoms with van der Waals surface area (Å²) in [4.78, 5) is 61.4. The summed E-state index contributed by atoms with van der Waals surface area (Å²) in [5.74, 6) is -0.512. The van der Waals surface area contributed by atoms with Gasteiger partial charge in [-0.2, -0.15) is 13.2 Å². The number of rotatable bonds is 7. The second-order valence-electron chi connectivity index (χ2n) is 11.3. The van der Waals surface area contributed by atoms with E-state index in [9.17, 15) is 37.5 Å². The Labute approximate surface area is 270 Å². The van der Waals surface area contributed by atoms with Crippen LogP contribution in [0.15, 0.2) is 46.8 Å². The maximum Gasteiger partial charge on any atom is 0.434 e. The third-order valence-corrected chi connectivity index (χ3v) is 8.66. The fraction of sp³-hybridized carbons (Fsp3) is 0.355. The van der Waals surface area contributed by atoms with Gasteiger partial charge in [0.25, 0.3) is 5.91 Å². The lowest BCUT2D eigenvalue weighted by Gasteiger charge is -2.31. The fourth-order valence-electron chi connectivity index (χ4n) is 5.55. The van der Waals surface area contributed by atoms with Crippen molar-refractivity contribution >= 4 is 46.1 Å². The lowest BCUT2D eigenvalue weighted by molar-refractivity contribution is -0.140. The molecule has 0 radical (unpaired) electrons. The van der Waals surface area contributed by atoms with Gasteiger partial charge in [-0.25, -0.2) is 19.6 Å². The molecule has 5 rings (SSSR count). The molecule has 1 saturated heterocycles. The molecule has 4 heterocycles. The van der Waals surface area contributed by atoms with Gasteiger partial charge in [0.05, 0.1) is 5.52 Å². The maximum atomic E-state index is 13.8. The van der Waals surface area contributed by atoms with Gasteiger partial charge in [-0.3, -0.25) is 14.9 Å². The second-order valence-corrected chi connectivity index (χ2v) is 12.2. The molecular formula is C31H32F3N7O5S. The largest absolute Gasteiger partial charge is 0.465 e. The van der Waals surface area contributed by atoms with Crippen LogP contribution in [0.25, 0.3) is 32.6 Å². The number of thiazole rings is 1. The Kier molecular flexibility index (Phi) is 9.51. The third kappa shape index (κ3) is 7.21. The zero-order valence-electron chi connectivity index (χ0n) is 25.7. The third-order valence-electron chi connectivity index (χ3n) is 7.78. The van der Waals surface area contributed by atoms with Crippen molar-refractivity contribution < 1.29 is 32.7 Å². The van der Waals surface area contributed by atoms with Crippen LogP contribution in [-0.4, -0.2) is 81.2 Å². The summed E-state index contributed by atoms with van der Waals surface area (Å²) >= 11 is 0.768. The Bertz CT molecular complexity index is 1910. The number of nitrogens with zero attached hydrogens (tertiary/aromatic N) is 5. The van der Waals surface area contributed by atoms with Crippen molar-refractivity contribution in [3.63, 3.8) is 0 Å². The van der Waals surface area contributed by atoms with Crippen LogP contribution in [0.2, 0.25) is 0 Å². The molecule has 47 heavy (non-hydrogen) atoms. The molecule has 1 fully saturated rings. The molecule has 4 aromatic rings. The van der Waals surface area contributed by atoms with Gasteiger partial charge in [0.15, 0.2) is 5.69 Å². The number of urea groups is 1. The Morgan fingerprint density at radius 3 is 2.60 bits per heavy atom. The number of halogens is 3. The Morgan fingerprint density at radius 2 is 1.94 bits per heavy atom. The minimum atomic E-state index is -4.67. The Morgan fingerprint density at radius 1 is 1.17 bits per heavy atom. The van der Waals surface area contributed by atoms with E-state index in [0.29, 0.717) is 49.2 Å². The number of anilines is 1. The van der Waals surface area contributed by atoms with Gasteiger partial charge in [-0.15, -0.1) is 11.3 Å². The van der Waals surface area contributed by atoms with E-state index in [4.69, 9.17) is 0 Å². The van der Waals surface area contributed by atoms with E-state index >= 15 is 0 Å². The van der Waals surface area contributed by atoms with Crippen LogP contribution >= 0.6 is 11.3 Å². The molecule has 0 spiro atoms. The lowest BCUT2D eigenvalue weighted by atomic mass is 9.96. The first kappa shape index (κ1) is 33.4. The Balaban J connectivity index is 1.65. The summed E-state index contributed by atoms with van der Waals surface area (Å²) in [5.41, 5.74) is -0.193. The summed E-state index contributed by atoms with van der Waals surface area (Å²) in [7, 11) is 3.05. The van der Waals surface area contributed by atoms with E-state index in [1.807, 2.05) is 0 Å². The number of amides is 4. The van der Waals surface area contributed by atoms with Gasteiger partial charge in [-0.05, 0) is 49.4 Å². The number of piperidine rings is 1. The van der Waals surface area contributed by atoms with E-state index in [-0.39, 0.29) is 33.3 Å². The number of nitrogens with one attached hydrogen (secondary N) is 2. The molecule has 0 aliphatic carbocycles. The minimum Gasteiger partial charge on any atom is -0.465 e. The molecule has 3 N–H and O–H groups in total. The maximum absolute atomic E-state index is 13.8. The first-order chi connectivity index (χ1) is 22.3. The summed E-state index contributed by atoms with van der Waals surface area (Å²) in [6.07, 6.45) is -1.38. The molecule has 1 atom stereocenters. The smallest absolute Gasteiger partial charge is 0.434 e. The number of aromatic nitrogens is 3. The van der Waals surface area contributed by atoms with Crippen molar-refractivity contribution in [2.24, 2.45) is 5.92 Å². The van der Waals surface area contributed by atoms with Crippen molar-refractivity contribution in [2.75, 3.05) is 39.0 Å². The van der Waals surface area contributed by atoms with E-state index < -0.39 is 35.3 Å². The molecule has 16 heteroatoms. The van der Waals surface area contributed by atoms with Crippen molar-refractivity contribution in [3.05, 3.63) is 63.5 Å². The number of carbonyl (C=O) groups is 3. The summed E-state index contributed by atoms with van der Waals surface area (Å²) in [6, 6.07) is 5.78. The molecule has 1 aliphatic rings. The molecule has 12 nitrogen and oxygen atoms in total. The normalized spacial score (nSPS) is 15.0. The topological polar surface area (TPSA) is 150 Å². The van der Waals surface area contributed by atoms with Gasteiger partial charge in [0.1, 0.15) is 16.4 Å². The van der Waals surface area contributed by atoms with Crippen LogP contribution in [0, 0.1) is 5.92 Å². The second kappa shape index (κ2) is 13.4.